The van der Waals surface area contributed by atoms with Gasteiger partial charge in [-0.1, -0.05) is 39.0 Å². The van der Waals surface area contributed by atoms with E-state index < -0.39 is 17.7 Å². The normalized spacial score (nSPS) is 14.6. The second-order valence-electron chi connectivity index (χ2n) is 8.31. The van der Waals surface area contributed by atoms with Gasteiger partial charge in [-0.05, 0) is 52.8 Å². The highest BCUT2D eigenvalue weighted by atomic mass is 19.4. The van der Waals surface area contributed by atoms with Gasteiger partial charge in [-0.2, -0.15) is 13.2 Å². The second-order valence-corrected chi connectivity index (χ2v) is 8.31. The first-order valence-corrected chi connectivity index (χ1v) is 9.28. The Morgan fingerprint density at radius 2 is 1.62 bits per heavy atom. The molecule has 1 aliphatic rings. The number of carbonyl (C=O) groups excluding carboxylic acids is 2. The second kappa shape index (κ2) is 7.54. The number of aryl methyl sites for hydroxylation is 1. The third-order valence-electron chi connectivity index (χ3n) is 4.55. The molecule has 2 aromatic carbocycles. The molecule has 2 aromatic rings. The van der Waals surface area contributed by atoms with Crippen molar-refractivity contribution in [3.63, 3.8) is 0 Å². The van der Waals surface area contributed by atoms with Gasteiger partial charge in [-0.15, -0.1) is 5.06 Å². The number of fused-ring (bicyclic) bond motifs is 1. The van der Waals surface area contributed by atoms with Crippen LogP contribution in [0.25, 0.3) is 11.1 Å². The standard InChI is InChI=1S/C22H22F3NO3/c1-21(2,3)13-20(28)29-26-18-10-6-15(12-16(18)7-11-19(26)27)14-4-8-17(9-5-14)22(23,24)25/h4-6,8-10,12H,7,11,13H2,1-3H3. The van der Waals surface area contributed by atoms with Crippen LogP contribution in [0.4, 0.5) is 18.9 Å². The Bertz CT molecular complexity index is 928. The number of hydrogen-bond donors (Lipinski definition) is 0. The summed E-state index contributed by atoms with van der Waals surface area (Å²) in [5.74, 6) is -0.799. The lowest BCUT2D eigenvalue weighted by Gasteiger charge is -2.29. The van der Waals surface area contributed by atoms with Gasteiger partial charge in [0.25, 0.3) is 5.91 Å². The summed E-state index contributed by atoms with van der Waals surface area (Å²) in [7, 11) is 0. The fraction of sp³-hybridized carbons (Fsp3) is 0.364. The van der Waals surface area contributed by atoms with Crippen LogP contribution in [0.2, 0.25) is 0 Å². The Balaban J connectivity index is 1.85. The molecule has 0 radical (unpaired) electrons. The largest absolute Gasteiger partial charge is 0.416 e. The lowest BCUT2D eigenvalue weighted by molar-refractivity contribution is -0.152. The predicted molar refractivity (Wildman–Crippen MR) is 103 cm³/mol. The molecular formula is C22H22F3NO3. The van der Waals surface area contributed by atoms with Gasteiger partial charge in [-0.3, -0.25) is 4.79 Å². The van der Waals surface area contributed by atoms with E-state index in [9.17, 15) is 22.8 Å². The zero-order valence-electron chi connectivity index (χ0n) is 16.5. The molecule has 154 valence electrons. The molecular weight excluding hydrogens is 383 g/mol. The third kappa shape index (κ3) is 4.96. The van der Waals surface area contributed by atoms with E-state index in [2.05, 4.69) is 0 Å². The van der Waals surface area contributed by atoms with Crippen molar-refractivity contribution < 1.29 is 27.6 Å². The molecule has 0 atom stereocenters. The van der Waals surface area contributed by atoms with Crippen molar-refractivity contribution in [2.45, 2.75) is 46.2 Å². The fourth-order valence-corrected chi connectivity index (χ4v) is 3.16. The van der Waals surface area contributed by atoms with Crippen LogP contribution in [-0.2, 0) is 27.0 Å². The molecule has 0 fully saturated rings. The average molecular weight is 405 g/mol. The monoisotopic (exact) mass is 405 g/mol. The Morgan fingerprint density at radius 1 is 1.00 bits per heavy atom. The molecule has 0 aromatic heterocycles. The van der Waals surface area contributed by atoms with Crippen molar-refractivity contribution in [2.75, 3.05) is 5.06 Å². The maximum absolute atomic E-state index is 12.8. The van der Waals surface area contributed by atoms with Gasteiger partial charge >= 0.3 is 12.1 Å². The smallest absolute Gasteiger partial charge is 0.333 e. The molecule has 4 nitrogen and oxygen atoms in total. The van der Waals surface area contributed by atoms with E-state index in [0.717, 1.165) is 28.3 Å². The van der Waals surface area contributed by atoms with Crippen LogP contribution in [0.3, 0.4) is 0 Å². The highest BCUT2D eigenvalue weighted by molar-refractivity contribution is 5.96. The summed E-state index contributed by atoms with van der Waals surface area (Å²) in [6.07, 6.45) is -3.57. The van der Waals surface area contributed by atoms with Crippen LogP contribution in [-0.4, -0.2) is 11.9 Å². The van der Waals surface area contributed by atoms with E-state index in [-0.39, 0.29) is 24.2 Å². The van der Waals surface area contributed by atoms with E-state index in [4.69, 9.17) is 4.84 Å². The van der Waals surface area contributed by atoms with E-state index in [0.29, 0.717) is 17.7 Å². The predicted octanol–water partition coefficient (Wildman–Crippen LogP) is 5.55. The van der Waals surface area contributed by atoms with Crippen molar-refractivity contribution in [3.8, 4) is 11.1 Å². The molecule has 1 aliphatic heterocycles. The SMILES string of the molecule is CC(C)(C)CC(=O)ON1C(=O)CCc2cc(-c3ccc(C(F)(F)F)cc3)ccc21. The number of carbonyl (C=O) groups is 2. The Labute approximate surface area is 167 Å². The molecule has 0 saturated carbocycles. The van der Waals surface area contributed by atoms with Gasteiger partial charge < -0.3 is 4.84 Å². The van der Waals surface area contributed by atoms with Crippen LogP contribution in [0.15, 0.2) is 42.5 Å². The number of alkyl halides is 3. The topological polar surface area (TPSA) is 46.6 Å². The van der Waals surface area contributed by atoms with Crippen molar-refractivity contribution in [3.05, 3.63) is 53.6 Å². The summed E-state index contributed by atoms with van der Waals surface area (Å²) in [5, 5.41) is 1.03. The maximum Gasteiger partial charge on any atom is 0.416 e. The summed E-state index contributed by atoms with van der Waals surface area (Å²) in [6.45, 7) is 5.70. The summed E-state index contributed by atoms with van der Waals surface area (Å²) in [5.41, 5.74) is 1.67. The molecule has 1 heterocycles. The number of hydrogen-bond acceptors (Lipinski definition) is 3. The number of nitrogens with zero attached hydrogens (tertiary/aromatic N) is 1. The summed E-state index contributed by atoms with van der Waals surface area (Å²) >= 11 is 0. The van der Waals surface area contributed by atoms with Gasteiger partial charge in [0.15, 0.2) is 0 Å². The van der Waals surface area contributed by atoms with Crippen LogP contribution in [0.5, 0.6) is 0 Å². The summed E-state index contributed by atoms with van der Waals surface area (Å²) in [6, 6.07) is 10.1. The first-order valence-electron chi connectivity index (χ1n) is 9.28. The molecule has 0 unspecified atom stereocenters. The van der Waals surface area contributed by atoms with Crippen molar-refractivity contribution in [1.29, 1.82) is 0 Å². The fourth-order valence-electron chi connectivity index (χ4n) is 3.16. The van der Waals surface area contributed by atoms with E-state index in [1.165, 1.54) is 12.1 Å². The highest BCUT2D eigenvalue weighted by Crippen LogP contribution is 2.35. The molecule has 1 amide bonds. The minimum atomic E-state index is -4.38. The van der Waals surface area contributed by atoms with Crippen LogP contribution in [0.1, 0.15) is 44.7 Å². The first-order chi connectivity index (χ1) is 13.4. The van der Waals surface area contributed by atoms with E-state index >= 15 is 0 Å². The minimum absolute atomic E-state index is 0.162. The quantitative estimate of drug-likeness (QED) is 0.673. The van der Waals surface area contributed by atoms with Gasteiger partial charge in [0.2, 0.25) is 0 Å². The van der Waals surface area contributed by atoms with Crippen LogP contribution < -0.4 is 5.06 Å². The van der Waals surface area contributed by atoms with Crippen LogP contribution in [0, 0.1) is 5.41 Å². The molecule has 29 heavy (non-hydrogen) atoms. The zero-order chi connectivity index (χ0) is 21.4. The molecule has 3 rings (SSSR count). The number of hydroxylamine groups is 1. The lowest BCUT2D eigenvalue weighted by atomic mass is 9.92. The van der Waals surface area contributed by atoms with Gasteiger partial charge in [0.05, 0.1) is 17.7 Å². The number of anilines is 1. The number of amides is 1. The maximum atomic E-state index is 12.8. The molecule has 0 saturated heterocycles. The van der Waals surface area contributed by atoms with Crippen molar-refractivity contribution in [1.82, 2.24) is 0 Å². The van der Waals surface area contributed by atoms with E-state index in [1.807, 2.05) is 26.8 Å². The summed E-state index contributed by atoms with van der Waals surface area (Å²) in [4.78, 5) is 29.8. The van der Waals surface area contributed by atoms with Crippen LogP contribution >= 0.6 is 0 Å². The third-order valence-corrected chi connectivity index (χ3v) is 4.55. The average Bonchev–Trinajstić information content (AvgIpc) is 2.61. The van der Waals surface area contributed by atoms with Gasteiger partial charge in [-0.25, -0.2) is 4.79 Å². The summed E-state index contributed by atoms with van der Waals surface area (Å²) < 4.78 is 38.3. The molecule has 0 aliphatic carbocycles. The van der Waals surface area contributed by atoms with Crippen molar-refractivity contribution >= 4 is 17.6 Å². The minimum Gasteiger partial charge on any atom is -0.333 e. The zero-order valence-corrected chi connectivity index (χ0v) is 16.5. The van der Waals surface area contributed by atoms with Gasteiger partial charge in [0, 0.05) is 6.42 Å². The molecule has 7 heteroatoms. The van der Waals surface area contributed by atoms with E-state index in [1.54, 1.807) is 12.1 Å². The highest BCUT2D eigenvalue weighted by Gasteiger charge is 2.31. The van der Waals surface area contributed by atoms with Crippen molar-refractivity contribution in [2.24, 2.45) is 5.41 Å². The molecule has 0 N–H and O–H groups in total. The Morgan fingerprint density at radius 3 is 2.21 bits per heavy atom. The van der Waals surface area contributed by atoms with Gasteiger partial charge in [0.1, 0.15) is 0 Å². The Kier molecular flexibility index (Phi) is 5.43. The number of rotatable bonds is 3. The Hall–Kier alpha value is -2.83. The first kappa shape index (κ1) is 20.9. The number of halogens is 3. The molecule has 0 spiro atoms. The molecule has 0 bridgehead atoms. The number of benzene rings is 2. The lowest BCUT2D eigenvalue weighted by Crippen LogP contribution is -2.37.